The van der Waals surface area contributed by atoms with Crippen molar-refractivity contribution in [1.29, 1.82) is 0 Å². The molecule has 3 rings (SSSR count). The van der Waals surface area contributed by atoms with Gasteiger partial charge in [0.15, 0.2) is 0 Å². The van der Waals surface area contributed by atoms with Gasteiger partial charge in [0.2, 0.25) is 5.91 Å². The molecule has 0 aromatic heterocycles. The Morgan fingerprint density at radius 2 is 1.62 bits per heavy atom. The predicted octanol–water partition coefficient (Wildman–Crippen LogP) is 2.06. The van der Waals surface area contributed by atoms with Crippen molar-refractivity contribution < 1.29 is 14.4 Å². The van der Waals surface area contributed by atoms with Gasteiger partial charge in [-0.15, -0.1) is 5.06 Å². The molecule has 5 heteroatoms. The first-order chi connectivity index (χ1) is 10.2. The number of amides is 1. The highest BCUT2D eigenvalue weighted by Crippen LogP contribution is 2.32. The highest BCUT2D eigenvalue weighted by Gasteiger charge is 2.25. The van der Waals surface area contributed by atoms with Crippen LogP contribution in [0.15, 0.2) is 36.4 Å². The third-order valence-corrected chi connectivity index (χ3v) is 3.67. The SMILES string of the molecule is NC(=O)c1cc(C(=O)ON2CCCC2)c2cccccc1-2. The Kier molecular flexibility index (Phi) is 3.58. The normalized spacial score (nSPS) is 15.2. The monoisotopic (exact) mass is 284 g/mol. The van der Waals surface area contributed by atoms with Crippen molar-refractivity contribution in [3.8, 4) is 11.1 Å². The molecule has 1 fully saturated rings. The van der Waals surface area contributed by atoms with Gasteiger partial charge in [0.1, 0.15) is 0 Å². The van der Waals surface area contributed by atoms with Crippen LogP contribution in [0, 0.1) is 0 Å². The van der Waals surface area contributed by atoms with Crippen LogP contribution in [0.25, 0.3) is 11.1 Å². The summed E-state index contributed by atoms with van der Waals surface area (Å²) in [5, 5.41) is 1.66. The number of hydroxylamine groups is 2. The molecular weight excluding hydrogens is 268 g/mol. The molecule has 0 atom stereocenters. The smallest absolute Gasteiger partial charge is 0.357 e. The number of primary amides is 1. The van der Waals surface area contributed by atoms with Crippen LogP contribution < -0.4 is 5.73 Å². The number of rotatable bonds is 3. The number of nitrogens with zero attached hydrogens (tertiary/aromatic N) is 1. The van der Waals surface area contributed by atoms with E-state index in [1.807, 2.05) is 18.2 Å². The van der Waals surface area contributed by atoms with E-state index < -0.39 is 11.9 Å². The van der Waals surface area contributed by atoms with Gasteiger partial charge in [0.25, 0.3) is 0 Å². The highest BCUT2D eigenvalue weighted by molar-refractivity contribution is 6.09. The van der Waals surface area contributed by atoms with E-state index in [4.69, 9.17) is 10.6 Å². The molecule has 3 aliphatic rings. The molecule has 1 saturated heterocycles. The molecule has 2 N–H and O–H groups in total. The summed E-state index contributed by atoms with van der Waals surface area (Å²) in [5.74, 6) is -0.993. The van der Waals surface area contributed by atoms with Crippen LogP contribution in [0.5, 0.6) is 0 Å². The van der Waals surface area contributed by atoms with Gasteiger partial charge in [-0.1, -0.05) is 30.3 Å². The number of hydrogen-bond acceptors (Lipinski definition) is 4. The number of carbonyl (C=O) groups is 2. The van der Waals surface area contributed by atoms with Crippen LogP contribution >= 0.6 is 0 Å². The van der Waals surface area contributed by atoms with Gasteiger partial charge in [-0.25, -0.2) is 4.79 Å². The summed E-state index contributed by atoms with van der Waals surface area (Å²) in [6.07, 6.45) is 2.05. The maximum Gasteiger partial charge on any atom is 0.357 e. The maximum atomic E-state index is 12.3. The molecule has 0 aromatic rings. The summed E-state index contributed by atoms with van der Waals surface area (Å²) >= 11 is 0. The van der Waals surface area contributed by atoms with Crippen LogP contribution in [0.2, 0.25) is 0 Å². The molecule has 5 nitrogen and oxygen atoms in total. The molecule has 1 amide bonds. The van der Waals surface area contributed by atoms with Crippen LogP contribution in [0.1, 0.15) is 33.6 Å². The Bertz CT molecular complexity index is 663. The van der Waals surface area contributed by atoms with Gasteiger partial charge in [-0.2, -0.15) is 0 Å². The third kappa shape index (κ3) is 2.60. The predicted molar refractivity (Wildman–Crippen MR) is 77.8 cm³/mol. The van der Waals surface area contributed by atoms with Gasteiger partial charge in [0.05, 0.1) is 5.56 Å². The van der Waals surface area contributed by atoms with E-state index in [0.29, 0.717) is 22.3 Å². The van der Waals surface area contributed by atoms with Crippen molar-refractivity contribution >= 4 is 11.9 Å². The number of fused-ring (bicyclic) bond motifs is 1. The van der Waals surface area contributed by atoms with Crippen molar-refractivity contribution in [2.75, 3.05) is 13.1 Å². The molecule has 21 heavy (non-hydrogen) atoms. The fraction of sp³-hybridized carbons (Fsp3) is 0.250. The molecule has 0 aromatic carbocycles. The molecule has 1 heterocycles. The van der Waals surface area contributed by atoms with Gasteiger partial charge in [-0.3, -0.25) is 4.79 Å². The van der Waals surface area contributed by atoms with Crippen LogP contribution in [-0.2, 0) is 4.84 Å². The molecule has 0 spiro atoms. The second-order valence-electron chi connectivity index (χ2n) is 5.09. The number of carbonyl (C=O) groups excluding carboxylic acids is 2. The van der Waals surface area contributed by atoms with Crippen molar-refractivity contribution in [2.24, 2.45) is 5.73 Å². The molecule has 0 bridgehead atoms. The molecule has 1 aliphatic heterocycles. The zero-order valence-electron chi connectivity index (χ0n) is 11.5. The quantitative estimate of drug-likeness (QED) is 0.936. The van der Waals surface area contributed by atoms with Crippen LogP contribution in [-0.4, -0.2) is 30.0 Å². The molecule has 2 aliphatic carbocycles. The van der Waals surface area contributed by atoms with Gasteiger partial charge in [0, 0.05) is 18.7 Å². The minimum atomic E-state index is -0.550. The second kappa shape index (κ2) is 5.54. The van der Waals surface area contributed by atoms with E-state index in [2.05, 4.69) is 0 Å². The summed E-state index contributed by atoms with van der Waals surface area (Å²) in [6, 6.07) is 10.6. The van der Waals surface area contributed by atoms with E-state index in [1.54, 1.807) is 17.2 Å². The highest BCUT2D eigenvalue weighted by atomic mass is 16.7. The fourth-order valence-electron chi connectivity index (χ4n) is 2.64. The lowest BCUT2D eigenvalue weighted by molar-refractivity contribution is -0.0927. The van der Waals surface area contributed by atoms with E-state index in [9.17, 15) is 9.59 Å². The van der Waals surface area contributed by atoms with Crippen molar-refractivity contribution in [3.05, 3.63) is 47.5 Å². The summed E-state index contributed by atoms with van der Waals surface area (Å²) in [7, 11) is 0. The maximum absolute atomic E-state index is 12.3. The molecule has 0 unspecified atom stereocenters. The summed E-state index contributed by atoms with van der Waals surface area (Å²) in [6.45, 7) is 1.50. The Balaban J connectivity index is 1.98. The zero-order chi connectivity index (χ0) is 14.8. The van der Waals surface area contributed by atoms with Gasteiger partial charge in [-0.05, 0) is 30.0 Å². The Morgan fingerprint density at radius 1 is 1.00 bits per heavy atom. The molecule has 108 valence electrons. The van der Waals surface area contributed by atoms with Crippen LogP contribution in [0.3, 0.4) is 0 Å². The minimum absolute atomic E-state index is 0.342. The first kappa shape index (κ1) is 13.6. The van der Waals surface area contributed by atoms with E-state index in [-0.39, 0.29) is 0 Å². The third-order valence-electron chi connectivity index (χ3n) is 3.67. The minimum Gasteiger partial charge on any atom is -0.366 e. The average Bonchev–Trinajstić information content (AvgIpc) is 3.01. The molecule has 0 radical (unpaired) electrons. The Morgan fingerprint density at radius 3 is 2.24 bits per heavy atom. The summed E-state index contributed by atoms with van der Waals surface area (Å²) < 4.78 is 0. The zero-order valence-corrected chi connectivity index (χ0v) is 11.5. The standard InChI is InChI=1S/C16H16N2O3/c17-15(19)13-10-14(12-7-3-1-2-6-11(12)13)16(20)21-18-8-4-5-9-18/h1-3,6-7,10H,4-5,8-9H2,(H2,17,19). The average molecular weight is 284 g/mol. The van der Waals surface area contributed by atoms with Crippen molar-refractivity contribution in [1.82, 2.24) is 5.06 Å². The van der Waals surface area contributed by atoms with Crippen LogP contribution in [0.4, 0.5) is 0 Å². The largest absolute Gasteiger partial charge is 0.366 e. The van der Waals surface area contributed by atoms with E-state index >= 15 is 0 Å². The topological polar surface area (TPSA) is 72.6 Å². The number of hydrogen-bond donors (Lipinski definition) is 1. The Labute approximate surface area is 122 Å². The van der Waals surface area contributed by atoms with Gasteiger partial charge < -0.3 is 10.6 Å². The molecular formula is C16H16N2O3. The lowest BCUT2D eigenvalue weighted by atomic mass is 10.1. The summed E-state index contributed by atoms with van der Waals surface area (Å²) in [4.78, 5) is 29.3. The second-order valence-corrected chi connectivity index (χ2v) is 5.09. The lowest BCUT2D eigenvalue weighted by Gasteiger charge is -2.13. The Hall–Kier alpha value is -2.40. The first-order valence-electron chi connectivity index (χ1n) is 6.95. The van der Waals surface area contributed by atoms with Crippen molar-refractivity contribution in [2.45, 2.75) is 12.8 Å². The van der Waals surface area contributed by atoms with Crippen molar-refractivity contribution in [3.63, 3.8) is 0 Å². The van der Waals surface area contributed by atoms with E-state index in [0.717, 1.165) is 25.9 Å². The van der Waals surface area contributed by atoms with Gasteiger partial charge >= 0.3 is 5.97 Å². The molecule has 0 saturated carbocycles. The fourth-order valence-corrected chi connectivity index (χ4v) is 2.64. The number of nitrogens with two attached hydrogens (primary N) is 1. The first-order valence-corrected chi connectivity index (χ1v) is 6.95. The summed E-state index contributed by atoms with van der Waals surface area (Å²) in [5.41, 5.74) is 7.46. The lowest BCUT2D eigenvalue weighted by Crippen LogP contribution is -2.24. The van der Waals surface area contributed by atoms with E-state index in [1.165, 1.54) is 6.07 Å².